The number of halogens is 1. The summed E-state index contributed by atoms with van der Waals surface area (Å²) in [7, 11) is 0. The number of esters is 1. The minimum atomic E-state index is -1.60. The Kier molecular flexibility index (Phi) is 6.90. The summed E-state index contributed by atoms with van der Waals surface area (Å²) >= 11 is 6.17. The van der Waals surface area contributed by atoms with Gasteiger partial charge in [-0.2, -0.15) is 0 Å². The molecule has 4 aromatic carbocycles. The molecule has 1 heterocycles. The summed E-state index contributed by atoms with van der Waals surface area (Å²) in [6.45, 7) is 1.70. The Morgan fingerprint density at radius 2 is 1.47 bits per heavy atom. The van der Waals surface area contributed by atoms with Crippen LogP contribution in [0.2, 0.25) is 5.02 Å². The van der Waals surface area contributed by atoms with E-state index < -0.39 is 35.5 Å². The van der Waals surface area contributed by atoms with Gasteiger partial charge in [0.05, 0.1) is 5.56 Å². The third kappa shape index (κ3) is 4.62. The van der Waals surface area contributed by atoms with E-state index in [2.05, 4.69) is 5.32 Å². The number of anilines is 1. The first-order valence-electron chi connectivity index (χ1n) is 12.0. The molecule has 38 heavy (non-hydrogen) atoms. The number of ketones is 2. The van der Waals surface area contributed by atoms with Crippen molar-refractivity contribution in [2.24, 2.45) is 5.92 Å². The fourth-order valence-electron chi connectivity index (χ4n) is 4.62. The molecule has 0 unspecified atom stereocenters. The number of amides is 1. The number of ether oxygens (including phenoxy) is 1. The number of benzene rings is 4. The van der Waals surface area contributed by atoms with E-state index in [0.29, 0.717) is 27.4 Å². The van der Waals surface area contributed by atoms with Gasteiger partial charge in [-0.1, -0.05) is 90.5 Å². The molecule has 5 rings (SSSR count). The van der Waals surface area contributed by atoms with Gasteiger partial charge in [0.1, 0.15) is 12.0 Å². The van der Waals surface area contributed by atoms with Crippen LogP contribution in [0.4, 0.5) is 5.69 Å². The highest BCUT2D eigenvalue weighted by atomic mass is 35.5. The van der Waals surface area contributed by atoms with Crippen molar-refractivity contribution in [2.75, 3.05) is 5.32 Å². The van der Waals surface area contributed by atoms with Crippen LogP contribution in [0.3, 0.4) is 0 Å². The molecular weight excluding hydrogens is 502 g/mol. The molecule has 0 bridgehead atoms. The average molecular weight is 524 g/mol. The molecule has 0 saturated heterocycles. The molecule has 1 aliphatic rings. The Labute approximate surface area is 224 Å². The lowest BCUT2D eigenvalue weighted by atomic mass is 9.82. The lowest BCUT2D eigenvalue weighted by Crippen LogP contribution is -2.38. The predicted octanol–water partition coefficient (Wildman–Crippen LogP) is 6.23. The first-order chi connectivity index (χ1) is 18.4. The molecular formula is C31H22ClNO5. The van der Waals surface area contributed by atoms with Crippen molar-refractivity contribution in [3.8, 4) is 11.1 Å². The van der Waals surface area contributed by atoms with Crippen LogP contribution in [0, 0.1) is 12.8 Å². The summed E-state index contributed by atoms with van der Waals surface area (Å²) in [5, 5.41) is 2.99. The second kappa shape index (κ2) is 10.4. The van der Waals surface area contributed by atoms with Crippen molar-refractivity contribution in [1.82, 2.24) is 0 Å². The average Bonchev–Trinajstić information content (AvgIpc) is 3.27. The number of rotatable bonds is 7. The topological polar surface area (TPSA) is 89.5 Å². The highest BCUT2D eigenvalue weighted by Crippen LogP contribution is 2.39. The van der Waals surface area contributed by atoms with Gasteiger partial charge in [-0.05, 0) is 41.8 Å². The Bertz CT molecular complexity index is 1580. The predicted molar refractivity (Wildman–Crippen MR) is 144 cm³/mol. The number of carbonyl (C=O) groups excluding carboxylic acids is 4. The van der Waals surface area contributed by atoms with Crippen LogP contribution >= 0.6 is 11.6 Å². The second-order valence-electron chi connectivity index (χ2n) is 8.90. The maximum atomic E-state index is 14.1. The van der Waals surface area contributed by atoms with Crippen molar-refractivity contribution >= 4 is 40.7 Å². The largest absolute Gasteiger partial charge is 0.453 e. The first kappa shape index (κ1) is 25.1. The lowest BCUT2D eigenvalue weighted by Gasteiger charge is -2.22. The minimum Gasteiger partial charge on any atom is -0.453 e. The van der Waals surface area contributed by atoms with Gasteiger partial charge < -0.3 is 10.1 Å². The number of carbonyl (C=O) groups is 4. The van der Waals surface area contributed by atoms with Crippen molar-refractivity contribution in [2.45, 2.75) is 13.0 Å². The Balaban J connectivity index is 1.58. The Morgan fingerprint density at radius 1 is 0.816 bits per heavy atom. The molecule has 0 saturated carbocycles. The van der Waals surface area contributed by atoms with Crippen LogP contribution < -0.4 is 5.32 Å². The van der Waals surface area contributed by atoms with Crippen molar-refractivity contribution in [1.29, 1.82) is 0 Å². The van der Waals surface area contributed by atoms with Gasteiger partial charge in [0.2, 0.25) is 5.78 Å². The van der Waals surface area contributed by atoms with Gasteiger partial charge in [0, 0.05) is 21.8 Å². The zero-order chi connectivity index (χ0) is 26.8. The molecule has 4 aromatic rings. The van der Waals surface area contributed by atoms with Crippen LogP contribution in [-0.2, 0) is 14.3 Å². The SMILES string of the molecule is Cc1c(Cl)cccc1NC(=O)C(=O)[C@H](C(=O)c1ccccc1-c1ccccc1)[C@H]1OC(=O)c2ccccc21. The van der Waals surface area contributed by atoms with E-state index in [0.717, 1.165) is 5.56 Å². The quantitative estimate of drug-likeness (QED) is 0.134. The molecule has 6 nitrogen and oxygen atoms in total. The van der Waals surface area contributed by atoms with Crippen molar-refractivity contribution < 1.29 is 23.9 Å². The molecule has 0 radical (unpaired) electrons. The maximum Gasteiger partial charge on any atom is 0.339 e. The summed E-state index contributed by atoms with van der Waals surface area (Å²) in [5.41, 5.74) is 3.16. The van der Waals surface area contributed by atoms with E-state index in [9.17, 15) is 19.2 Å². The molecule has 0 aromatic heterocycles. The first-order valence-corrected chi connectivity index (χ1v) is 12.3. The summed E-state index contributed by atoms with van der Waals surface area (Å²) in [4.78, 5) is 53.8. The van der Waals surface area contributed by atoms with E-state index in [4.69, 9.17) is 16.3 Å². The van der Waals surface area contributed by atoms with Gasteiger partial charge in [-0.25, -0.2) is 4.79 Å². The number of cyclic esters (lactones) is 1. The Hall–Kier alpha value is -4.55. The van der Waals surface area contributed by atoms with Gasteiger partial charge in [0.15, 0.2) is 5.78 Å². The molecule has 0 aliphatic carbocycles. The van der Waals surface area contributed by atoms with E-state index in [1.165, 1.54) is 0 Å². The highest BCUT2D eigenvalue weighted by Gasteiger charge is 2.46. The number of hydrogen-bond acceptors (Lipinski definition) is 5. The smallest absolute Gasteiger partial charge is 0.339 e. The molecule has 1 aliphatic heterocycles. The van der Waals surface area contributed by atoms with Crippen LogP contribution in [0.5, 0.6) is 0 Å². The van der Waals surface area contributed by atoms with Crippen LogP contribution in [0.1, 0.15) is 37.9 Å². The van der Waals surface area contributed by atoms with Crippen molar-refractivity contribution in [3.05, 3.63) is 124 Å². The molecule has 1 N–H and O–H groups in total. The molecule has 1 amide bonds. The van der Waals surface area contributed by atoms with E-state index >= 15 is 0 Å². The van der Waals surface area contributed by atoms with Gasteiger partial charge in [-0.15, -0.1) is 0 Å². The summed E-state index contributed by atoms with van der Waals surface area (Å²) < 4.78 is 5.56. The van der Waals surface area contributed by atoms with E-state index in [1.807, 2.05) is 30.3 Å². The molecule has 7 heteroatoms. The zero-order valence-electron chi connectivity index (χ0n) is 20.3. The van der Waals surface area contributed by atoms with Crippen LogP contribution in [0.15, 0.2) is 97.1 Å². The summed E-state index contributed by atoms with van der Waals surface area (Å²) in [5.74, 6) is -4.91. The second-order valence-corrected chi connectivity index (χ2v) is 9.30. The van der Waals surface area contributed by atoms with Crippen molar-refractivity contribution in [3.63, 3.8) is 0 Å². The zero-order valence-corrected chi connectivity index (χ0v) is 21.1. The van der Waals surface area contributed by atoms with Gasteiger partial charge >= 0.3 is 5.97 Å². The number of hydrogen-bond donors (Lipinski definition) is 1. The molecule has 188 valence electrons. The third-order valence-electron chi connectivity index (χ3n) is 6.61. The fourth-order valence-corrected chi connectivity index (χ4v) is 4.79. The highest BCUT2D eigenvalue weighted by molar-refractivity contribution is 6.45. The summed E-state index contributed by atoms with van der Waals surface area (Å²) in [6, 6.07) is 27.6. The van der Waals surface area contributed by atoms with Gasteiger partial charge in [0.25, 0.3) is 5.91 Å². The maximum absolute atomic E-state index is 14.1. The Morgan fingerprint density at radius 3 is 2.24 bits per heavy atom. The third-order valence-corrected chi connectivity index (χ3v) is 7.02. The molecule has 2 atom stereocenters. The number of fused-ring (bicyclic) bond motifs is 1. The van der Waals surface area contributed by atoms with Crippen LogP contribution in [-0.4, -0.2) is 23.4 Å². The standard InChI is InChI=1S/C31H22ClNO5/c1-18-24(32)16-9-17-25(18)33-30(36)28(35)26(29-22-14-7-8-15-23(22)31(37)38-29)27(34)21-13-6-5-12-20(21)19-10-3-2-4-11-19/h2-17,26,29H,1H3,(H,33,36)/t26-,29-/m0/s1. The minimum absolute atomic E-state index is 0.240. The van der Waals surface area contributed by atoms with Gasteiger partial charge in [-0.3, -0.25) is 14.4 Å². The van der Waals surface area contributed by atoms with E-state index in [1.54, 1.807) is 73.7 Å². The number of Topliss-reactive ketones (excluding diaryl/α,β-unsaturated/α-hetero) is 2. The lowest BCUT2D eigenvalue weighted by molar-refractivity contribution is -0.138. The molecule has 0 spiro atoms. The fraction of sp³-hybridized carbons (Fsp3) is 0.0968. The van der Waals surface area contributed by atoms with Crippen LogP contribution in [0.25, 0.3) is 11.1 Å². The molecule has 0 fully saturated rings. The summed E-state index contributed by atoms with van der Waals surface area (Å²) in [6.07, 6.45) is -1.26. The van der Waals surface area contributed by atoms with E-state index in [-0.39, 0.29) is 11.1 Å². The monoisotopic (exact) mass is 523 g/mol. The number of nitrogens with one attached hydrogen (secondary N) is 1. The normalized spacial score (nSPS) is 14.8.